The molecule has 0 aromatic heterocycles. The fourth-order valence-corrected chi connectivity index (χ4v) is 2.34. The van der Waals surface area contributed by atoms with Crippen molar-refractivity contribution in [3.63, 3.8) is 0 Å². The maximum absolute atomic E-state index is 10.9. The molecule has 2 aliphatic heterocycles. The number of piperidine rings is 1. The van der Waals surface area contributed by atoms with Gasteiger partial charge in [0.2, 0.25) is 0 Å². The molecule has 0 saturated carbocycles. The number of carboxylic acid groups (broad SMARTS) is 1. The van der Waals surface area contributed by atoms with Crippen LogP contribution < -0.4 is 0 Å². The Morgan fingerprint density at radius 1 is 1.62 bits per heavy atom. The van der Waals surface area contributed by atoms with Gasteiger partial charge in [0.05, 0.1) is 6.54 Å². The van der Waals surface area contributed by atoms with E-state index >= 15 is 0 Å². The maximum Gasteiger partial charge on any atom is 0.352 e. The van der Waals surface area contributed by atoms with Crippen LogP contribution in [0.1, 0.15) is 26.7 Å². The molecule has 1 atom stereocenters. The van der Waals surface area contributed by atoms with Crippen LogP contribution in [-0.4, -0.2) is 34.8 Å². The normalized spacial score (nSPS) is 24.9. The number of fused-ring (bicyclic) bond motifs is 1. The molecule has 4 nitrogen and oxygen atoms in total. The number of aliphatic carboxylic acids is 1. The molecular weight excluding hydrogens is 204 g/mol. The monoisotopic (exact) mass is 222 g/mol. The Morgan fingerprint density at radius 3 is 3.00 bits per heavy atom. The summed E-state index contributed by atoms with van der Waals surface area (Å²) in [5.74, 6) is 0.431. The number of nitrogens with zero attached hydrogens (tertiary/aromatic N) is 2. The predicted octanol–water partition coefficient (Wildman–Crippen LogP) is 1.74. The van der Waals surface area contributed by atoms with Gasteiger partial charge in [0.1, 0.15) is 5.71 Å². The summed E-state index contributed by atoms with van der Waals surface area (Å²) < 4.78 is 0. The van der Waals surface area contributed by atoms with E-state index in [9.17, 15) is 4.79 Å². The van der Waals surface area contributed by atoms with Crippen molar-refractivity contribution in [3.8, 4) is 0 Å². The summed E-state index contributed by atoms with van der Waals surface area (Å²) in [5.41, 5.74) is 1.45. The third-order valence-corrected chi connectivity index (χ3v) is 3.53. The van der Waals surface area contributed by atoms with E-state index in [1.165, 1.54) is 12.1 Å². The molecule has 1 unspecified atom stereocenters. The van der Waals surface area contributed by atoms with Crippen LogP contribution in [0.3, 0.4) is 0 Å². The minimum atomic E-state index is -0.901. The summed E-state index contributed by atoms with van der Waals surface area (Å²) in [6.07, 6.45) is 3.95. The number of carboxylic acids is 1. The van der Waals surface area contributed by atoms with Crippen molar-refractivity contribution < 1.29 is 9.90 Å². The first-order chi connectivity index (χ1) is 7.58. The molecule has 0 aliphatic carbocycles. The first kappa shape index (κ1) is 11.2. The Labute approximate surface area is 95.7 Å². The molecule has 16 heavy (non-hydrogen) atoms. The minimum Gasteiger partial charge on any atom is -0.477 e. The van der Waals surface area contributed by atoms with Gasteiger partial charge in [0.15, 0.2) is 0 Å². The van der Waals surface area contributed by atoms with Crippen molar-refractivity contribution in [1.29, 1.82) is 0 Å². The molecule has 1 fully saturated rings. The van der Waals surface area contributed by atoms with Crippen molar-refractivity contribution >= 4 is 11.7 Å². The summed E-state index contributed by atoms with van der Waals surface area (Å²) in [7, 11) is 0. The second-order valence-corrected chi connectivity index (χ2v) is 4.92. The van der Waals surface area contributed by atoms with Gasteiger partial charge in [-0.05, 0) is 24.7 Å². The highest BCUT2D eigenvalue weighted by Crippen LogP contribution is 2.30. The Kier molecular flexibility index (Phi) is 2.99. The molecule has 2 heterocycles. The molecule has 88 valence electrons. The Hall–Kier alpha value is -1.32. The van der Waals surface area contributed by atoms with Gasteiger partial charge in [-0.3, -0.25) is 0 Å². The highest BCUT2D eigenvalue weighted by molar-refractivity contribution is 6.36. The fraction of sp³-hybridized carbons (Fsp3) is 0.667. The van der Waals surface area contributed by atoms with Crippen LogP contribution in [0, 0.1) is 11.8 Å². The van der Waals surface area contributed by atoms with Crippen molar-refractivity contribution in [2.75, 3.05) is 13.1 Å². The standard InChI is InChI=1S/C12H18N2O2/c1-8(2)9-3-4-10-5-13-11(12(15)16)7-14(10)6-9/h5,8-9H,3-4,6-7H2,1-2H3,(H,15,16). The van der Waals surface area contributed by atoms with Gasteiger partial charge in [-0.25, -0.2) is 9.79 Å². The van der Waals surface area contributed by atoms with E-state index in [1.807, 2.05) is 0 Å². The van der Waals surface area contributed by atoms with E-state index in [0.717, 1.165) is 13.0 Å². The average Bonchev–Trinajstić information content (AvgIpc) is 2.27. The summed E-state index contributed by atoms with van der Waals surface area (Å²) in [4.78, 5) is 17.0. The molecule has 1 saturated heterocycles. The van der Waals surface area contributed by atoms with Crippen LogP contribution in [-0.2, 0) is 4.79 Å². The average molecular weight is 222 g/mol. The van der Waals surface area contributed by atoms with Gasteiger partial charge < -0.3 is 10.0 Å². The van der Waals surface area contributed by atoms with Gasteiger partial charge in [-0.2, -0.15) is 0 Å². The lowest BCUT2D eigenvalue weighted by atomic mass is 9.86. The lowest BCUT2D eigenvalue weighted by Gasteiger charge is -2.39. The topological polar surface area (TPSA) is 52.9 Å². The maximum atomic E-state index is 10.9. The molecule has 0 aromatic rings. The largest absolute Gasteiger partial charge is 0.477 e. The molecule has 0 bridgehead atoms. The van der Waals surface area contributed by atoms with E-state index < -0.39 is 5.97 Å². The fourth-order valence-electron chi connectivity index (χ4n) is 2.34. The summed E-state index contributed by atoms with van der Waals surface area (Å²) in [6, 6.07) is 0. The van der Waals surface area contributed by atoms with Gasteiger partial charge in [-0.15, -0.1) is 0 Å². The van der Waals surface area contributed by atoms with E-state index in [1.54, 1.807) is 6.20 Å². The van der Waals surface area contributed by atoms with E-state index in [-0.39, 0.29) is 5.71 Å². The van der Waals surface area contributed by atoms with Gasteiger partial charge in [-0.1, -0.05) is 13.8 Å². The quantitative estimate of drug-likeness (QED) is 0.774. The van der Waals surface area contributed by atoms with Crippen molar-refractivity contribution in [3.05, 3.63) is 11.9 Å². The minimum absolute atomic E-state index is 0.258. The van der Waals surface area contributed by atoms with E-state index in [0.29, 0.717) is 18.4 Å². The molecule has 0 radical (unpaired) electrons. The van der Waals surface area contributed by atoms with E-state index in [4.69, 9.17) is 5.11 Å². The predicted molar refractivity (Wildman–Crippen MR) is 62.3 cm³/mol. The Bertz CT molecular complexity index is 358. The highest BCUT2D eigenvalue weighted by atomic mass is 16.4. The SMILES string of the molecule is CC(C)C1CCC2=CN=C(C(=O)O)CN2C1. The highest BCUT2D eigenvalue weighted by Gasteiger charge is 2.28. The zero-order valence-electron chi connectivity index (χ0n) is 9.81. The van der Waals surface area contributed by atoms with Gasteiger partial charge in [0.25, 0.3) is 0 Å². The van der Waals surface area contributed by atoms with E-state index in [2.05, 4.69) is 23.7 Å². The molecule has 2 aliphatic rings. The van der Waals surface area contributed by atoms with Crippen LogP contribution in [0.25, 0.3) is 0 Å². The Morgan fingerprint density at radius 2 is 2.38 bits per heavy atom. The molecule has 0 amide bonds. The van der Waals surface area contributed by atoms with Crippen LogP contribution in [0.2, 0.25) is 0 Å². The number of rotatable bonds is 2. The first-order valence-corrected chi connectivity index (χ1v) is 5.82. The summed E-state index contributed by atoms with van der Waals surface area (Å²) in [6.45, 7) is 5.89. The van der Waals surface area contributed by atoms with Crippen LogP contribution >= 0.6 is 0 Å². The van der Waals surface area contributed by atoms with Crippen LogP contribution in [0.15, 0.2) is 16.9 Å². The van der Waals surface area contributed by atoms with Gasteiger partial charge >= 0.3 is 5.97 Å². The number of aliphatic imine (C=N–C) groups is 1. The van der Waals surface area contributed by atoms with Crippen LogP contribution in [0.5, 0.6) is 0 Å². The molecule has 0 spiro atoms. The second-order valence-electron chi connectivity index (χ2n) is 4.92. The lowest BCUT2D eigenvalue weighted by molar-refractivity contribution is -0.129. The summed E-state index contributed by atoms with van der Waals surface area (Å²) in [5, 5.41) is 8.92. The van der Waals surface area contributed by atoms with Crippen molar-refractivity contribution in [2.24, 2.45) is 16.8 Å². The summed E-state index contributed by atoms with van der Waals surface area (Å²) >= 11 is 0. The molecule has 2 rings (SSSR count). The van der Waals surface area contributed by atoms with Crippen molar-refractivity contribution in [1.82, 2.24) is 4.90 Å². The first-order valence-electron chi connectivity index (χ1n) is 5.82. The lowest BCUT2D eigenvalue weighted by Crippen LogP contribution is -2.42. The molecular formula is C12H18N2O2. The smallest absolute Gasteiger partial charge is 0.352 e. The zero-order chi connectivity index (χ0) is 11.7. The Balaban J connectivity index is 2.09. The number of allylic oxidation sites excluding steroid dienone is 1. The molecule has 1 N–H and O–H groups in total. The second kappa shape index (κ2) is 4.28. The number of carbonyl (C=O) groups is 1. The third kappa shape index (κ3) is 2.10. The third-order valence-electron chi connectivity index (χ3n) is 3.53. The zero-order valence-corrected chi connectivity index (χ0v) is 9.81. The molecule has 0 aromatic carbocycles. The van der Waals surface area contributed by atoms with Crippen molar-refractivity contribution in [2.45, 2.75) is 26.7 Å². The number of hydrogen-bond donors (Lipinski definition) is 1. The van der Waals surface area contributed by atoms with Crippen LogP contribution in [0.4, 0.5) is 0 Å². The number of hydrogen-bond acceptors (Lipinski definition) is 3. The molecule has 4 heteroatoms. The van der Waals surface area contributed by atoms with Gasteiger partial charge in [0, 0.05) is 18.4 Å².